The summed E-state index contributed by atoms with van der Waals surface area (Å²) in [7, 11) is 0. The standard InChI is InChI=1S/C18H23NO/c1-4-19(5-2)13-12-17(20)18-14(3)10-11-15-8-6-7-9-16(15)18/h6-11H,4-5,12-13H2,1-3H3. The van der Waals surface area contributed by atoms with Gasteiger partial charge in [0.15, 0.2) is 5.78 Å². The summed E-state index contributed by atoms with van der Waals surface area (Å²) in [6.07, 6.45) is 0.594. The van der Waals surface area contributed by atoms with Crippen LogP contribution in [0.4, 0.5) is 0 Å². The fraction of sp³-hybridized carbons (Fsp3) is 0.389. The molecule has 0 aliphatic carbocycles. The molecule has 0 bridgehead atoms. The smallest absolute Gasteiger partial charge is 0.165 e. The van der Waals surface area contributed by atoms with Gasteiger partial charge in [0.25, 0.3) is 0 Å². The van der Waals surface area contributed by atoms with E-state index in [0.29, 0.717) is 6.42 Å². The molecular formula is C18H23NO. The van der Waals surface area contributed by atoms with Crippen LogP contribution in [0.5, 0.6) is 0 Å². The van der Waals surface area contributed by atoms with Crippen LogP contribution in [0.3, 0.4) is 0 Å². The van der Waals surface area contributed by atoms with Crippen LogP contribution in [0.25, 0.3) is 10.8 Å². The SMILES string of the molecule is CCN(CC)CCC(=O)c1c(C)ccc2ccccc12. The number of fused-ring (bicyclic) bond motifs is 1. The minimum atomic E-state index is 0.256. The number of aryl methyl sites for hydroxylation is 1. The van der Waals surface area contributed by atoms with Crippen molar-refractivity contribution in [3.05, 3.63) is 47.5 Å². The van der Waals surface area contributed by atoms with Crippen molar-refractivity contribution in [2.75, 3.05) is 19.6 Å². The van der Waals surface area contributed by atoms with E-state index in [0.717, 1.165) is 41.5 Å². The lowest BCUT2D eigenvalue weighted by Gasteiger charge is -2.18. The third kappa shape index (κ3) is 3.07. The molecule has 0 fully saturated rings. The van der Waals surface area contributed by atoms with Crippen molar-refractivity contribution in [3.63, 3.8) is 0 Å². The summed E-state index contributed by atoms with van der Waals surface area (Å²) in [5.74, 6) is 0.256. The van der Waals surface area contributed by atoms with Gasteiger partial charge in [-0.2, -0.15) is 0 Å². The Morgan fingerprint density at radius 2 is 1.75 bits per heavy atom. The van der Waals surface area contributed by atoms with Crippen LogP contribution in [0.2, 0.25) is 0 Å². The Balaban J connectivity index is 2.27. The highest BCUT2D eigenvalue weighted by molar-refractivity contribution is 6.09. The maximum Gasteiger partial charge on any atom is 0.165 e. The van der Waals surface area contributed by atoms with Gasteiger partial charge in [0.1, 0.15) is 0 Å². The number of rotatable bonds is 6. The van der Waals surface area contributed by atoms with Crippen molar-refractivity contribution in [2.24, 2.45) is 0 Å². The zero-order valence-electron chi connectivity index (χ0n) is 12.6. The fourth-order valence-electron chi connectivity index (χ4n) is 2.68. The number of ketones is 1. The summed E-state index contributed by atoms with van der Waals surface area (Å²) in [5.41, 5.74) is 1.98. The number of carbonyl (C=O) groups excluding carboxylic acids is 1. The number of carbonyl (C=O) groups is 1. The van der Waals surface area contributed by atoms with Gasteiger partial charge in [-0.3, -0.25) is 4.79 Å². The summed E-state index contributed by atoms with van der Waals surface area (Å²) in [4.78, 5) is 14.9. The van der Waals surface area contributed by atoms with Crippen molar-refractivity contribution in [1.29, 1.82) is 0 Å². The lowest BCUT2D eigenvalue weighted by atomic mass is 9.95. The predicted octanol–water partition coefficient (Wildman–Crippen LogP) is 4.06. The van der Waals surface area contributed by atoms with E-state index in [9.17, 15) is 4.79 Å². The van der Waals surface area contributed by atoms with E-state index >= 15 is 0 Å². The van der Waals surface area contributed by atoms with Crippen molar-refractivity contribution < 1.29 is 4.79 Å². The second-order valence-corrected chi connectivity index (χ2v) is 5.18. The lowest BCUT2D eigenvalue weighted by molar-refractivity contribution is 0.0967. The third-order valence-corrected chi connectivity index (χ3v) is 3.97. The molecule has 20 heavy (non-hydrogen) atoms. The minimum Gasteiger partial charge on any atom is -0.303 e. The van der Waals surface area contributed by atoms with Gasteiger partial charge in [-0.25, -0.2) is 0 Å². The van der Waals surface area contributed by atoms with Gasteiger partial charge in [-0.05, 0) is 36.3 Å². The van der Waals surface area contributed by atoms with E-state index in [1.54, 1.807) is 0 Å². The first-order valence-corrected chi connectivity index (χ1v) is 7.41. The van der Waals surface area contributed by atoms with E-state index in [2.05, 4.69) is 30.9 Å². The van der Waals surface area contributed by atoms with Crippen molar-refractivity contribution >= 4 is 16.6 Å². The first-order chi connectivity index (χ1) is 9.67. The third-order valence-electron chi connectivity index (χ3n) is 3.97. The second kappa shape index (κ2) is 6.67. The number of Topliss-reactive ketones (excluding diaryl/α,β-unsaturated/α-hetero) is 1. The molecule has 0 spiro atoms. The summed E-state index contributed by atoms with van der Waals surface area (Å²) in [5, 5.41) is 2.22. The van der Waals surface area contributed by atoms with E-state index in [4.69, 9.17) is 0 Å². The number of hydrogen-bond acceptors (Lipinski definition) is 2. The Kier molecular flexibility index (Phi) is 4.91. The van der Waals surface area contributed by atoms with Gasteiger partial charge in [0.05, 0.1) is 0 Å². The Bertz CT molecular complexity index is 599. The maximum atomic E-state index is 12.6. The van der Waals surface area contributed by atoms with E-state index < -0.39 is 0 Å². The van der Waals surface area contributed by atoms with Crippen LogP contribution in [0.1, 0.15) is 36.2 Å². The fourth-order valence-corrected chi connectivity index (χ4v) is 2.68. The van der Waals surface area contributed by atoms with Gasteiger partial charge < -0.3 is 4.90 Å². The molecule has 0 unspecified atom stereocenters. The maximum absolute atomic E-state index is 12.6. The van der Waals surface area contributed by atoms with Crippen LogP contribution < -0.4 is 0 Å². The number of benzene rings is 2. The molecule has 2 rings (SSSR count). The second-order valence-electron chi connectivity index (χ2n) is 5.18. The molecule has 0 aliphatic rings. The molecule has 0 amide bonds. The zero-order valence-corrected chi connectivity index (χ0v) is 12.6. The van der Waals surface area contributed by atoms with Gasteiger partial charge in [0, 0.05) is 18.5 Å². The molecule has 106 valence electrons. The molecule has 0 N–H and O–H groups in total. The molecule has 0 heterocycles. The summed E-state index contributed by atoms with van der Waals surface area (Å²) >= 11 is 0. The Morgan fingerprint density at radius 3 is 2.45 bits per heavy atom. The molecule has 0 saturated carbocycles. The Labute approximate surface area is 121 Å². The highest BCUT2D eigenvalue weighted by atomic mass is 16.1. The number of nitrogens with zero attached hydrogens (tertiary/aromatic N) is 1. The van der Waals surface area contributed by atoms with Crippen LogP contribution in [-0.4, -0.2) is 30.3 Å². The van der Waals surface area contributed by atoms with Crippen LogP contribution in [-0.2, 0) is 0 Å². The molecule has 0 aliphatic heterocycles. The molecule has 2 aromatic carbocycles. The summed E-state index contributed by atoms with van der Waals surface area (Å²) in [6.45, 7) is 9.14. The van der Waals surface area contributed by atoms with Gasteiger partial charge in [0.2, 0.25) is 0 Å². The highest BCUT2D eigenvalue weighted by Gasteiger charge is 2.13. The quantitative estimate of drug-likeness (QED) is 0.737. The molecule has 2 nitrogen and oxygen atoms in total. The predicted molar refractivity (Wildman–Crippen MR) is 85.4 cm³/mol. The highest BCUT2D eigenvalue weighted by Crippen LogP contribution is 2.23. The summed E-state index contributed by atoms with van der Waals surface area (Å²) < 4.78 is 0. The van der Waals surface area contributed by atoms with Crippen molar-refractivity contribution in [3.8, 4) is 0 Å². The number of hydrogen-bond donors (Lipinski definition) is 0. The Hall–Kier alpha value is -1.67. The largest absolute Gasteiger partial charge is 0.303 e. The summed E-state index contributed by atoms with van der Waals surface area (Å²) in [6, 6.07) is 12.3. The lowest BCUT2D eigenvalue weighted by Crippen LogP contribution is -2.26. The zero-order chi connectivity index (χ0) is 14.5. The van der Waals surface area contributed by atoms with E-state index in [1.165, 1.54) is 0 Å². The van der Waals surface area contributed by atoms with Crippen molar-refractivity contribution in [2.45, 2.75) is 27.2 Å². The first kappa shape index (κ1) is 14.7. The molecule has 2 heteroatoms. The van der Waals surface area contributed by atoms with E-state index in [1.807, 2.05) is 31.2 Å². The molecule has 0 aromatic heterocycles. The normalized spacial score (nSPS) is 11.2. The van der Waals surface area contributed by atoms with Gasteiger partial charge in [-0.1, -0.05) is 50.2 Å². The molecule has 0 radical (unpaired) electrons. The monoisotopic (exact) mass is 269 g/mol. The Morgan fingerprint density at radius 1 is 1.05 bits per heavy atom. The van der Waals surface area contributed by atoms with Gasteiger partial charge >= 0.3 is 0 Å². The molecule has 2 aromatic rings. The topological polar surface area (TPSA) is 20.3 Å². The molecule has 0 atom stereocenters. The van der Waals surface area contributed by atoms with Crippen LogP contribution in [0, 0.1) is 6.92 Å². The van der Waals surface area contributed by atoms with Crippen molar-refractivity contribution in [1.82, 2.24) is 4.90 Å². The minimum absolute atomic E-state index is 0.256. The van der Waals surface area contributed by atoms with E-state index in [-0.39, 0.29) is 5.78 Å². The van der Waals surface area contributed by atoms with Crippen LogP contribution in [0.15, 0.2) is 36.4 Å². The molecular weight excluding hydrogens is 246 g/mol. The first-order valence-electron chi connectivity index (χ1n) is 7.41. The van der Waals surface area contributed by atoms with Crippen LogP contribution >= 0.6 is 0 Å². The average molecular weight is 269 g/mol. The molecule has 0 saturated heterocycles. The average Bonchev–Trinajstić information content (AvgIpc) is 2.48. The van der Waals surface area contributed by atoms with Gasteiger partial charge in [-0.15, -0.1) is 0 Å².